The first-order valence-corrected chi connectivity index (χ1v) is 6.57. The molecule has 1 heterocycles. The topological polar surface area (TPSA) is 72.4 Å². The predicted molar refractivity (Wildman–Crippen MR) is 77.7 cm³/mol. The average Bonchev–Trinajstić information content (AvgIpc) is 2.52. The number of hydrogen-bond donors (Lipinski definition) is 0. The minimum absolute atomic E-state index is 0.168. The van der Waals surface area contributed by atoms with Crippen LogP contribution >= 0.6 is 0 Å². The summed E-state index contributed by atoms with van der Waals surface area (Å²) in [7, 11) is 2.99. The molecule has 1 unspecified atom stereocenters. The van der Waals surface area contributed by atoms with Gasteiger partial charge in [0.2, 0.25) is 0 Å². The van der Waals surface area contributed by atoms with Gasteiger partial charge in [0, 0.05) is 31.5 Å². The van der Waals surface area contributed by atoms with Crippen LogP contribution in [0.2, 0.25) is 0 Å². The highest BCUT2D eigenvalue weighted by molar-refractivity contribution is 5.97. The van der Waals surface area contributed by atoms with E-state index in [9.17, 15) is 9.59 Å². The quantitative estimate of drug-likeness (QED) is 0.797. The first-order valence-electron chi connectivity index (χ1n) is 6.57. The summed E-state index contributed by atoms with van der Waals surface area (Å²) in [5, 5.41) is 0. The monoisotopic (exact) mass is 287 g/mol. The van der Waals surface area contributed by atoms with Crippen molar-refractivity contribution in [2.45, 2.75) is 6.92 Å². The van der Waals surface area contributed by atoms with E-state index in [1.807, 2.05) is 0 Å². The molecule has 1 aromatic heterocycles. The van der Waals surface area contributed by atoms with Crippen molar-refractivity contribution in [3.8, 4) is 0 Å². The van der Waals surface area contributed by atoms with E-state index in [1.165, 1.54) is 12.0 Å². The van der Waals surface area contributed by atoms with Gasteiger partial charge in [-0.05, 0) is 18.2 Å². The van der Waals surface area contributed by atoms with Gasteiger partial charge in [-0.1, -0.05) is 6.92 Å². The lowest BCUT2D eigenvalue weighted by molar-refractivity contribution is -0.145. The number of rotatable bonds is 4. The molecule has 110 valence electrons. The van der Waals surface area contributed by atoms with Crippen molar-refractivity contribution in [2.24, 2.45) is 5.92 Å². The number of carbonyl (C=O) groups is 2. The Kier molecular flexibility index (Phi) is 4.47. The first-order chi connectivity index (χ1) is 10.0. The molecule has 0 saturated carbocycles. The van der Waals surface area contributed by atoms with Gasteiger partial charge in [0.05, 0.1) is 24.1 Å². The highest BCUT2D eigenvalue weighted by atomic mass is 16.5. The molecule has 6 nitrogen and oxygen atoms in total. The normalized spacial score (nSPS) is 12.0. The first kappa shape index (κ1) is 14.9. The van der Waals surface area contributed by atoms with E-state index in [0.29, 0.717) is 17.6 Å². The fraction of sp³-hybridized carbons (Fsp3) is 0.333. The minimum atomic E-state index is -0.371. The van der Waals surface area contributed by atoms with Crippen LogP contribution in [-0.2, 0) is 9.53 Å². The summed E-state index contributed by atoms with van der Waals surface area (Å²) in [4.78, 5) is 33.6. The van der Waals surface area contributed by atoms with Crippen molar-refractivity contribution < 1.29 is 14.3 Å². The standard InChI is InChI=1S/C15H17N3O3/c1-10(15(20)21-3)9-18(2)14(19)11-4-5-12-13(8-11)17-7-6-16-12/h4-8,10H,9H2,1-3H3. The molecular weight excluding hydrogens is 270 g/mol. The lowest BCUT2D eigenvalue weighted by Gasteiger charge is -2.20. The van der Waals surface area contributed by atoms with Crippen LogP contribution in [0.5, 0.6) is 0 Å². The van der Waals surface area contributed by atoms with Crippen LogP contribution < -0.4 is 0 Å². The number of methoxy groups -OCH3 is 1. The molecule has 0 saturated heterocycles. The van der Waals surface area contributed by atoms with Gasteiger partial charge in [-0.25, -0.2) is 0 Å². The number of ether oxygens (including phenoxy) is 1. The molecule has 21 heavy (non-hydrogen) atoms. The SMILES string of the molecule is COC(=O)C(C)CN(C)C(=O)c1ccc2nccnc2c1. The summed E-state index contributed by atoms with van der Waals surface area (Å²) < 4.78 is 4.66. The van der Waals surface area contributed by atoms with Gasteiger partial charge in [0.25, 0.3) is 5.91 Å². The molecule has 2 rings (SSSR count). The van der Waals surface area contributed by atoms with Gasteiger partial charge in [-0.2, -0.15) is 0 Å². The molecule has 0 bridgehead atoms. The van der Waals surface area contributed by atoms with Crippen molar-refractivity contribution in [3.63, 3.8) is 0 Å². The Hall–Kier alpha value is -2.50. The summed E-state index contributed by atoms with van der Waals surface area (Å²) in [6, 6.07) is 5.16. The molecule has 0 N–H and O–H groups in total. The lowest BCUT2D eigenvalue weighted by Crippen LogP contribution is -2.34. The van der Waals surface area contributed by atoms with E-state index in [4.69, 9.17) is 0 Å². The fourth-order valence-corrected chi connectivity index (χ4v) is 2.09. The van der Waals surface area contributed by atoms with Crippen molar-refractivity contribution in [1.29, 1.82) is 0 Å². The Morgan fingerprint density at radius 3 is 2.57 bits per heavy atom. The molecule has 0 aliphatic carbocycles. The van der Waals surface area contributed by atoms with Crippen molar-refractivity contribution >= 4 is 22.9 Å². The molecule has 2 aromatic rings. The Bertz CT molecular complexity index is 672. The van der Waals surface area contributed by atoms with Crippen LogP contribution in [0.3, 0.4) is 0 Å². The average molecular weight is 287 g/mol. The number of benzene rings is 1. The maximum atomic E-state index is 12.4. The third-order valence-electron chi connectivity index (χ3n) is 3.21. The summed E-state index contributed by atoms with van der Waals surface area (Å²) in [5.74, 6) is -0.874. The van der Waals surface area contributed by atoms with E-state index < -0.39 is 0 Å². The van der Waals surface area contributed by atoms with Gasteiger partial charge >= 0.3 is 5.97 Å². The van der Waals surface area contributed by atoms with Crippen LogP contribution in [-0.4, -0.2) is 47.4 Å². The molecule has 1 aromatic carbocycles. The Morgan fingerprint density at radius 2 is 1.90 bits per heavy atom. The summed E-state index contributed by atoms with van der Waals surface area (Å²) in [5.41, 5.74) is 1.92. The number of hydrogen-bond acceptors (Lipinski definition) is 5. The summed E-state index contributed by atoms with van der Waals surface area (Å²) >= 11 is 0. The zero-order chi connectivity index (χ0) is 15.4. The number of aromatic nitrogens is 2. The predicted octanol–water partition coefficient (Wildman–Crippen LogP) is 1.51. The minimum Gasteiger partial charge on any atom is -0.469 e. The highest BCUT2D eigenvalue weighted by Gasteiger charge is 2.19. The number of esters is 1. The molecule has 0 spiro atoms. The fourth-order valence-electron chi connectivity index (χ4n) is 2.09. The van der Waals surface area contributed by atoms with Crippen LogP contribution in [0.1, 0.15) is 17.3 Å². The van der Waals surface area contributed by atoms with Gasteiger partial charge in [-0.3, -0.25) is 19.6 Å². The molecule has 0 radical (unpaired) electrons. The maximum Gasteiger partial charge on any atom is 0.310 e. The maximum absolute atomic E-state index is 12.4. The molecule has 6 heteroatoms. The van der Waals surface area contributed by atoms with Crippen LogP contribution in [0, 0.1) is 5.92 Å². The highest BCUT2D eigenvalue weighted by Crippen LogP contribution is 2.13. The van der Waals surface area contributed by atoms with Crippen molar-refractivity contribution in [2.75, 3.05) is 20.7 Å². The Morgan fingerprint density at radius 1 is 1.24 bits per heavy atom. The second-order valence-electron chi connectivity index (χ2n) is 4.87. The van der Waals surface area contributed by atoms with Crippen LogP contribution in [0.25, 0.3) is 11.0 Å². The van der Waals surface area contributed by atoms with Gasteiger partial charge in [-0.15, -0.1) is 0 Å². The van der Waals surface area contributed by atoms with Crippen molar-refractivity contribution in [3.05, 3.63) is 36.2 Å². The lowest BCUT2D eigenvalue weighted by atomic mass is 10.1. The Balaban J connectivity index is 2.15. The van der Waals surface area contributed by atoms with Crippen LogP contribution in [0.4, 0.5) is 0 Å². The summed E-state index contributed by atoms with van der Waals surface area (Å²) in [6.45, 7) is 2.02. The molecule has 1 amide bonds. The number of nitrogens with zero attached hydrogens (tertiary/aromatic N) is 3. The van der Waals surface area contributed by atoms with Gasteiger partial charge < -0.3 is 9.64 Å². The number of carbonyl (C=O) groups excluding carboxylic acids is 2. The number of fused-ring (bicyclic) bond motifs is 1. The van der Waals surface area contributed by atoms with Gasteiger partial charge in [0.15, 0.2) is 0 Å². The van der Waals surface area contributed by atoms with E-state index in [2.05, 4.69) is 14.7 Å². The van der Waals surface area contributed by atoms with Crippen LogP contribution in [0.15, 0.2) is 30.6 Å². The smallest absolute Gasteiger partial charge is 0.310 e. The van der Waals surface area contributed by atoms with E-state index in [-0.39, 0.29) is 17.8 Å². The Labute approximate surface area is 122 Å². The summed E-state index contributed by atoms with van der Waals surface area (Å²) in [6.07, 6.45) is 3.19. The van der Waals surface area contributed by atoms with Crippen molar-refractivity contribution in [1.82, 2.24) is 14.9 Å². The second kappa shape index (κ2) is 6.30. The zero-order valence-corrected chi connectivity index (χ0v) is 12.2. The molecular formula is C15H17N3O3. The second-order valence-corrected chi connectivity index (χ2v) is 4.87. The molecule has 1 atom stereocenters. The number of amides is 1. The zero-order valence-electron chi connectivity index (χ0n) is 12.2. The third-order valence-corrected chi connectivity index (χ3v) is 3.21. The third kappa shape index (κ3) is 3.34. The molecule has 0 aliphatic rings. The van der Waals surface area contributed by atoms with E-state index in [1.54, 1.807) is 44.6 Å². The largest absolute Gasteiger partial charge is 0.469 e. The van der Waals surface area contributed by atoms with E-state index >= 15 is 0 Å². The molecule has 0 fully saturated rings. The van der Waals surface area contributed by atoms with E-state index in [0.717, 1.165) is 5.52 Å². The molecule has 0 aliphatic heterocycles. The van der Waals surface area contributed by atoms with Gasteiger partial charge in [0.1, 0.15) is 0 Å².